The quantitative estimate of drug-likeness (QED) is 0.342. The number of carbonyl (C=O) groups is 1. The van der Waals surface area contributed by atoms with E-state index in [2.05, 4.69) is 6.92 Å². The first-order valence-electron chi connectivity index (χ1n) is 8.54. The minimum Gasteiger partial charge on any atom is -0.508 e. The van der Waals surface area contributed by atoms with Crippen LogP contribution in [0.3, 0.4) is 0 Å². The average Bonchev–Trinajstić information content (AvgIpc) is 2.47. The number of unbranched alkanes of at least 4 members (excludes halogenated alkanes) is 6. The molecule has 0 aliphatic rings. The molecule has 0 saturated heterocycles. The Morgan fingerprint density at radius 2 is 1.59 bits per heavy atom. The SMILES string of the molecule is CCCCCCCCCc1c(O)cccc1C(=O)CCC.[Na]. The Labute approximate surface area is 158 Å². The van der Waals surface area contributed by atoms with Crippen LogP contribution in [0.4, 0.5) is 0 Å². The van der Waals surface area contributed by atoms with Crippen LogP contribution in [0.25, 0.3) is 0 Å². The molecule has 0 aromatic heterocycles. The zero-order valence-electron chi connectivity index (χ0n) is 14.7. The van der Waals surface area contributed by atoms with Gasteiger partial charge in [-0.1, -0.05) is 64.5 Å². The summed E-state index contributed by atoms with van der Waals surface area (Å²) in [6.07, 6.45) is 10.9. The molecule has 0 amide bonds. The van der Waals surface area contributed by atoms with Gasteiger partial charge in [0.2, 0.25) is 0 Å². The Bertz CT molecular complexity index is 429. The van der Waals surface area contributed by atoms with Crippen molar-refractivity contribution in [3.8, 4) is 5.75 Å². The fourth-order valence-electron chi connectivity index (χ4n) is 2.72. The number of rotatable bonds is 11. The molecular formula is C19H30NaO2. The molecule has 0 bridgehead atoms. The van der Waals surface area contributed by atoms with Gasteiger partial charge < -0.3 is 5.11 Å². The zero-order valence-corrected chi connectivity index (χ0v) is 16.7. The largest absolute Gasteiger partial charge is 0.508 e. The topological polar surface area (TPSA) is 37.3 Å². The third kappa shape index (κ3) is 7.80. The molecule has 0 aliphatic carbocycles. The van der Waals surface area contributed by atoms with Gasteiger partial charge in [0.25, 0.3) is 0 Å². The third-order valence-corrected chi connectivity index (χ3v) is 3.96. The van der Waals surface area contributed by atoms with Gasteiger partial charge in [0, 0.05) is 47.1 Å². The van der Waals surface area contributed by atoms with Gasteiger partial charge in [0.1, 0.15) is 5.75 Å². The van der Waals surface area contributed by atoms with Gasteiger partial charge in [-0.25, -0.2) is 0 Å². The summed E-state index contributed by atoms with van der Waals surface area (Å²) in [7, 11) is 0. The molecule has 119 valence electrons. The third-order valence-electron chi connectivity index (χ3n) is 3.96. The fourth-order valence-corrected chi connectivity index (χ4v) is 2.72. The van der Waals surface area contributed by atoms with Gasteiger partial charge in [-0.3, -0.25) is 4.79 Å². The van der Waals surface area contributed by atoms with Crippen molar-refractivity contribution in [1.82, 2.24) is 0 Å². The maximum absolute atomic E-state index is 12.1. The van der Waals surface area contributed by atoms with Crippen molar-refractivity contribution >= 4 is 35.3 Å². The molecule has 1 aromatic rings. The van der Waals surface area contributed by atoms with Crippen LogP contribution in [0, 0.1) is 0 Å². The molecule has 1 radical (unpaired) electrons. The molecule has 22 heavy (non-hydrogen) atoms. The summed E-state index contributed by atoms with van der Waals surface area (Å²) < 4.78 is 0. The van der Waals surface area contributed by atoms with Crippen LogP contribution in [-0.4, -0.2) is 40.4 Å². The molecule has 0 atom stereocenters. The summed E-state index contributed by atoms with van der Waals surface area (Å²) in [4.78, 5) is 12.1. The average molecular weight is 313 g/mol. The normalized spacial score (nSPS) is 10.3. The number of benzene rings is 1. The van der Waals surface area contributed by atoms with Gasteiger partial charge >= 0.3 is 0 Å². The number of ketones is 1. The van der Waals surface area contributed by atoms with Crippen LogP contribution in [0.2, 0.25) is 0 Å². The Hall–Kier alpha value is -0.310. The predicted molar refractivity (Wildman–Crippen MR) is 94.8 cm³/mol. The first kappa shape index (κ1) is 21.7. The Kier molecular flexibility index (Phi) is 13.0. The monoisotopic (exact) mass is 313 g/mol. The molecule has 0 saturated carbocycles. The smallest absolute Gasteiger partial charge is 0.163 e. The van der Waals surface area contributed by atoms with E-state index in [1.54, 1.807) is 12.1 Å². The molecule has 0 fully saturated rings. The molecule has 2 nitrogen and oxygen atoms in total. The van der Waals surface area contributed by atoms with E-state index in [0.717, 1.165) is 30.4 Å². The van der Waals surface area contributed by atoms with Crippen molar-refractivity contribution in [2.75, 3.05) is 0 Å². The first-order chi connectivity index (χ1) is 10.2. The number of hydrogen-bond acceptors (Lipinski definition) is 2. The maximum Gasteiger partial charge on any atom is 0.163 e. The van der Waals surface area contributed by atoms with Crippen molar-refractivity contribution in [3.63, 3.8) is 0 Å². The van der Waals surface area contributed by atoms with E-state index in [0.29, 0.717) is 6.42 Å². The minimum absolute atomic E-state index is 0. The summed E-state index contributed by atoms with van der Waals surface area (Å²) in [5, 5.41) is 10.0. The number of phenols is 1. The maximum atomic E-state index is 12.1. The van der Waals surface area contributed by atoms with Crippen LogP contribution in [0.1, 0.15) is 87.6 Å². The van der Waals surface area contributed by atoms with Crippen molar-refractivity contribution < 1.29 is 9.90 Å². The Morgan fingerprint density at radius 3 is 2.23 bits per heavy atom. The van der Waals surface area contributed by atoms with E-state index in [1.807, 2.05) is 13.0 Å². The van der Waals surface area contributed by atoms with Gasteiger partial charge in [-0.15, -0.1) is 0 Å². The Balaban J connectivity index is 0.00000441. The van der Waals surface area contributed by atoms with Gasteiger partial charge in [-0.2, -0.15) is 0 Å². The van der Waals surface area contributed by atoms with Crippen molar-refractivity contribution in [2.24, 2.45) is 0 Å². The number of hydrogen-bond donors (Lipinski definition) is 1. The van der Waals surface area contributed by atoms with E-state index >= 15 is 0 Å². The molecule has 1 aromatic carbocycles. The van der Waals surface area contributed by atoms with Gasteiger partial charge in [0.15, 0.2) is 5.78 Å². The van der Waals surface area contributed by atoms with E-state index < -0.39 is 0 Å². The first-order valence-corrected chi connectivity index (χ1v) is 8.54. The molecule has 0 unspecified atom stereocenters. The molecule has 3 heteroatoms. The van der Waals surface area contributed by atoms with E-state index in [4.69, 9.17) is 0 Å². The number of phenolic OH excluding ortho intramolecular Hbond substituents is 1. The molecule has 0 heterocycles. The summed E-state index contributed by atoms with van der Waals surface area (Å²) >= 11 is 0. The number of Topliss-reactive ketones (excluding diaryl/α,β-unsaturated/α-hetero) is 1. The fraction of sp³-hybridized carbons (Fsp3) is 0.632. The molecule has 1 rings (SSSR count). The second kappa shape index (κ2) is 13.2. The second-order valence-corrected chi connectivity index (χ2v) is 5.85. The van der Waals surface area contributed by atoms with E-state index in [9.17, 15) is 9.90 Å². The van der Waals surface area contributed by atoms with Crippen molar-refractivity contribution in [3.05, 3.63) is 29.3 Å². The van der Waals surface area contributed by atoms with Crippen molar-refractivity contribution in [1.29, 1.82) is 0 Å². The van der Waals surface area contributed by atoms with Crippen molar-refractivity contribution in [2.45, 2.75) is 78.1 Å². The van der Waals surface area contributed by atoms with Crippen LogP contribution >= 0.6 is 0 Å². The standard InChI is InChI=1S/C19H30O2.Na/c1-3-5-6-7-8-9-10-13-16-17(18(20)12-4-2)14-11-15-19(16)21;/h11,14-15,21H,3-10,12-13H2,1-2H3;. The van der Waals surface area contributed by atoms with Gasteiger partial charge in [-0.05, 0) is 25.3 Å². The predicted octanol–water partition coefficient (Wildman–Crippen LogP) is 5.29. The summed E-state index contributed by atoms with van der Waals surface area (Å²) in [5.74, 6) is 0.439. The summed E-state index contributed by atoms with van der Waals surface area (Å²) in [6, 6.07) is 5.32. The van der Waals surface area contributed by atoms with E-state index in [1.165, 1.54) is 38.5 Å². The number of carbonyl (C=O) groups excluding carboxylic acids is 1. The summed E-state index contributed by atoms with van der Waals surface area (Å²) in [6.45, 7) is 4.24. The second-order valence-electron chi connectivity index (χ2n) is 5.85. The van der Waals surface area contributed by atoms with E-state index in [-0.39, 0.29) is 41.1 Å². The zero-order chi connectivity index (χ0) is 15.5. The minimum atomic E-state index is 0. The molecule has 0 aliphatic heterocycles. The Morgan fingerprint density at radius 1 is 0.955 bits per heavy atom. The van der Waals surface area contributed by atoms with Crippen LogP contribution in [-0.2, 0) is 6.42 Å². The summed E-state index contributed by atoms with van der Waals surface area (Å²) in [5.41, 5.74) is 1.58. The molecule has 1 N–H and O–H groups in total. The van der Waals surface area contributed by atoms with Crippen LogP contribution in [0.15, 0.2) is 18.2 Å². The van der Waals surface area contributed by atoms with Crippen LogP contribution in [0.5, 0.6) is 5.75 Å². The molecular weight excluding hydrogens is 283 g/mol. The molecule has 0 spiro atoms. The van der Waals surface area contributed by atoms with Gasteiger partial charge in [0.05, 0.1) is 0 Å². The number of aromatic hydroxyl groups is 1. The van der Waals surface area contributed by atoms with Crippen LogP contribution < -0.4 is 0 Å².